The third-order valence-electron chi connectivity index (χ3n) is 5.08. The molecule has 1 aromatic heterocycles. The van der Waals surface area contributed by atoms with E-state index in [0.717, 1.165) is 30.8 Å². The van der Waals surface area contributed by atoms with E-state index in [4.69, 9.17) is 16.3 Å². The number of anilines is 1. The first-order chi connectivity index (χ1) is 15.1. The number of nitrogens with zero attached hydrogens (tertiary/aromatic N) is 3. The maximum absolute atomic E-state index is 13.2. The standard InChI is InChI=1S/C22H22ClN3O3S2/c1-29-19-8-7-15(12-17(19)23)26-21(28)18(13-16-6-5-11-30-16)24-22(26)31-14-20(27)25-9-3-2-4-10-25/h5-8,11-13H,2-4,9-10,14H2,1H3/b18-13-. The van der Waals surface area contributed by atoms with Crippen molar-refractivity contribution in [3.8, 4) is 5.75 Å². The summed E-state index contributed by atoms with van der Waals surface area (Å²) < 4.78 is 5.22. The summed E-state index contributed by atoms with van der Waals surface area (Å²) in [4.78, 5) is 34.8. The van der Waals surface area contributed by atoms with E-state index in [1.54, 1.807) is 31.4 Å². The number of benzene rings is 1. The lowest BCUT2D eigenvalue weighted by Crippen LogP contribution is -2.38. The summed E-state index contributed by atoms with van der Waals surface area (Å²) in [5.74, 6) is 0.585. The Hall–Kier alpha value is -2.29. The van der Waals surface area contributed by atoms with Gasteiger partial charge in [-0.3, -0.25) is 14.5 Å². The van der Waals surface area contributed by atoms with Gasteiger partial charge >= 0.3 is 0 Å². The van der Waals surface area contributed by atoms with E-state index in [-0.39, 0.29) is 17.6 Å². The smallest absolute Gasteiger partial charge is 0.283 e. The average molecular weight is 476 g/mol. The van der Waals surface area contributed by atoms with Gasteiger partial charge in [-0.1, -0.05) is 29.4 Å². The van der Waals surface area contributed by atoms with Crippen LogP contribution in [0.15, 0.2) is 46.4 Å². The van der Waals surface area contributed by atoms with E-state index < -0.39 is 0 Å². The number of ether oxygens (including phenoxy) is 1. The first-order valence-corrected chi connectivity index (χ1v) is 12.2. The molecule has 0 aliphatic carbocycles. The number of piperidine rings is 1. The summed E-state index contributed by atoms with van der Waals surface area (Å²) in [6.45, 7) is 1.60. The summed E-state index contributed by atoms with van der Waals surface area (Å²) in [6.07, 6.45) is 5.02. The second-order valence-corrected chi connectivity index (χ2v) is 9.46. The number of halogens is 1. The molecule has 31 heavy (non-hydrogen) atoms. The van der Waals surface area contributed by atoms with Gasteiger partial charge in [-0.05, 0) is 55.0 Å². The number of hydrogen-bond donors (Lipinski definition) is 0. The lowest BCUT2D eigenvalue weighted by molar-refractivity contribution is -0.129. The number of methoxy groups -OCH3 is 1. The molecule has 2 aliphatic rings. The molecule has 1 aromatic carbocycles. The van der Waals surface area contributed by atoms with Gasteiger partial charge in [0.2, 0.25) is 5.91 Å². The van der Waals surface area contributed by atoms with Crippen LogP contribution >= 0.6 is 34.7 Å². The van der Waals surface area contributed by atoms with Crippen molar-refractivity contribution in [2.75, 3.05) is 30.9 Å². The van der Waals surface area contributed by atoms with Crippen LogP contribution in [0, 0.1) is 0 Å². The highest BCUT2D eigenvalue weighted by Gasteiger charge is 2.33. The zero-order chi connectivity index (χ0) is 21.8. The Labute approximate surface area is 194 Å². The van der Waals surface area contributed by atoms with Crippen molar-refractivity contribution in [2.45, 2.75) is 19.3 Å². The molecule has 0 spiro atoms. The van der Waals surface area contributed by atoms with E-state index in [1.807, 2.05) is 22.4 Å². The van der Waals surface area contributed by atoms with E-state index >= 15 is 0 Å². The first kappa shape index (κ1) is 21.9. The normalized spacial score (nSPS) is 17.9. The molecule has 0 unspecified atom stereocenters. The molecular formula is C22H22ClN3O3S2. The minimum atomic E-state index is -0.248. The molecule has 0 radical (unpaired) electrons. The highest BCUT2D eigenvalue weighted by atomic mass is 35.5. The van der Waals surface area contributed by atoms with Gasteiger partial charge in [-0.25, -0.2) is 4.99 Å². The van der Waals surface area contributed by atoms with Crippen LogP contribution in [0.1, 0.15) is 24.1 Å². The minimum Gasteiger partial charge on any atom is -0.495 e. The molecule has 9 heteroatoms. The summed E-state index contributed by atoms with van der Waals surface area (Å²) >= 11 is 9.11. The number of carbonyl (C=O) groups is 2. The van der Waals surface area contributed by atoms with Crippen LogP contribution in [0.5, 0.6) is 5.75 Å². The molecule has 6 nitrogen and oxygen atoms in total. The number of thioether (sulfide) groups is 1. The Kier molecular flexibility index (Phi) is 6.99. The number of aliphatic imine (C=N–C) groups is 1. The second kappa shape index (κ2) is 9.89. The zero-order valence-corrected chi connectivity index (χ0v) is 19.4. The van der Waals surface area contributed by atoms with Crippen LogP contribution in [-0.2, 0) is 9.59 Å². The molecule has 0 bridgehead atoms. The minimum absolute atomic E-state index is 0.0725. The quantitative estimate of drug-likeness (QED) is 0.577. The third kappa shape index (κ3) is 4.97. The lowest BCUT2D eigenvalue weighted by atomic mass is 10.1. The fourth-order valence-electron chi connectivity index (χ4n) is 3.48. The van der Waals surface area contributed by atoms with Crippen LogP contribution in [0.3, 0.4) is 0 Å². The van der Waals surface area contributed by atoms with Crippen LogP contribution in [-0.4, -0.2) is 47.8 Å². The lowest BCUT2D eigenvalue weighted by Gasteiger charge is -2.27. The van der Waals surface area contributed by atoms with Crippen LogP contribution < -0.4 is 9.64 Å². The fraction of sp³-hybridized carbons (Fsp3) is 0.318. The Morgan fingerprint density at radius 1 is 1.29 bits per heavy atom. The van der Waals surface area contributed by atoms with Gasteiger partial charge in [0.05, 0.1) is 23.6 Å². The van der Waals surface area contributed by atoms with Crippen molar-refractivity contribution in [3.05, 3.63) is 51.3 Å². The molecule has 0 N–H and O–H groups in total. The Balaban J connectivity index is 1.59. The van der Waals surface area contributed by atoms with Crippen molar-refractivity contribution in [3.63, 3.8) is 0 Å². The van der Waals surface area contributed by atoms with Crippen molar-refractivity contribution < 1.29 is 14.3 Å². The van der Waals surface area contributed by atoms with Crippen molar-refractivity contribution in [1.29, 1.82) is 0 Å². The average Bonchev–Trinajstić information content (AvgIpc) is 3.41. The molecule has 0 saturated carbocycles. The topological polar surface area (TPSA) is 62.2 Å². The number of thiophene rings is 1. The van der Waals surface area contributed by atoms with Crippen LogP contribution in [0.25, 0.3) is 6.08 Å². The molecule has 1 fully saturated rings. The highest BCUT2D eigenvalue weighted by Crippen LogP contribution is 2.34. The van der Waals surface area contributed by atoms with Crippen molar-refractivity contribution in [1.82, 2.24) is 4.90 Å². The SMILES string of the molecule is COc1ccc(N2C(=O)/C(=C/c3cccs3)N=C2SCC(=O)N2CCCCC2)cc1Cl. The molecule has 162 valence electrons. The summed E-state index contributed by atoms with van der Waals surface area (Å²) in [7, 11) is 1.54. The van der Waals surface area contributed by atoms with Gasteiger partial charge in [-0.15, -0.1) is 11.3 Å². The van der Waals surface area contributed by atoms with Gasteiger partial charge in [-0.2, -0.15) is 0 Å². The number of likely N-dealkylation sites (tertiary alicyclic amines) is 1. The molecule has 2 aromatic rings. The van der Waals surface area contributed by atoms with Crippen molar-refractivity contribution in [2.24, 2.45) is 4.99 Å². The predicted octanol–water partition coefficient (Wildman–Crippen LogP) is 4.90. The molecule has 2 amide bonds. The summed E-state index contributed by atoms with van der Waals surface area (Å²) in [6, 6.07) is 9.01. The molecule has 0 atom stereocenters. The van der Waals surface area contributed by atoms with E-state index in [9.17, 15) is 9.59 Å². The maximum atomic E-state index is 13.2. The molecule has 1 saturated heterocycles. The second-order valence-electron chi connectivity index (χ2n) is 7.13. The molecule has 2 aliphatic heterocycles. The summed E-state index contributed by atoms with van der Waals surface area (Å²) in [5, 5.41) is 2.82. The van der Waals surface area contributed by atoms with Gasteiger partial charge in [0.1, 0.15) is 11.4 Å². The van der Waals surface area contributed by atoms with Gasteiger partial charge < -0.3 is 9.64 Å². The fourth-order valence-corrected chi connectivity index (χ4v) is 5.30. The van der Waals surface area contributed by atoms with Crippen LogP contribution in [0.4, 0.5) is 5.69 Å². The van der Waals surface area contributed by atoms with E-state index in [0.29, 0.717) is 27.3 Å². The largest absolute Gasteiger partial charge is 0.495 e. The third-order valence-corrected chi connectivity index (χ3v) is 7.12. The Morgan fingerprint density at radius 2 is 2.10 bits per heavy atom. The van der Waals surface area contributed by atoms with Crippen LogP contribution in [0.2, 0.25) is 5.02 Å². The molecular weight excluding hydrogens is 454 g/mol. The van der Waals surface area contributed by atoms with Crippen molar-refractivity contribution >= 4 is 63.4 Å². The molecule has 3 heterocycles. The monoisotopic (exact) mass is 475 g/mol. The first-order valence-electron chi connectivity index (χ1n) is 9.99. The Morgan fingerprint density at radius 3 is 2.77 bits per heavy atom. The number of hydrogen-bond acceptors (Lipinski definition) is 6. The van der Waals surface area contributed by atoms with Gasteiger partial charge in [0.15, 0.2) is 5.17 Å². The predicted molar refractivity (Wildman–Crippen MR) is 128 cm³/mol. The Bertz CT molecular complexity index is 1030. The molecule has 4 rings (SSSR count). The van der Waals surface area contributed by atoms with E-state index in [1.165, 1.54) is 34.4 Å². The van der Waals surface area contributed by atoms with Gasteiger partial charge in [0, 0.05) is 18.0 Å². The highest BCUT2D eigenvalue weighted by molar-refractivity contribution is 8.14. The summed E-state index contributed by atoms with van der Waals surface area (Å²) in [5.41, 5.74) is 0.921. The zero-order valence-electron chi connectivity index (χ0n) is 17.0. The number of amidine groups is 1. The van der Waals surface area contributed by atoms with E-state index in [2.05, 4.69) is 4.99 Å². The van der Waals surface area contributed by atoms with Gasteiger partial charge in [0.25, 0.3) is 5.91 Å². The maximum Gasteiger partial charge on any atom is 0.283 e. The number of amides is 2. The number of rotatable bonds is 5. The number of carbonyl (C=O) groups excluding carboxylic acids is 2.